The van der Waals surface area contributed by atoms with Crippen molar-refractivity contribution in [3.63, 3.8) is 0 Å². The predicted octanol–water partition coefficient (Wildman–Crippen LogP) is 5.55. The summed E-state index contributed by atoms with van der Waals surface area (Å²) >= 11 is 1.45. The Morgan fingerprint density at radius 1 is 0.923 bits per heavy atom. The third kappa shape index (κ3) is 3.00. The zero-order chi connectivity index (χ0) is 18.1. The molecular weight excluding hydrogens is 340 g/mol. The van der Waals surface area contributed by atoms with E-state index in [0.717, 1.165) is 32.7 Å². The first-order chi connectivity index (χ1) is 12.6. The first-order valence-electron chi connectivity index (χ1n) is 8.43. The van der Waals surface area contributed by atoms with Crippen LogP contribution in [0.1, 0.15) is 15.4 Å². The summed E-state index contributed by atoms with van der Waals surface area (Å²) in [7, 11) is 1.81. The number of nitrogens with zero attached hydrogens (tertiary/aromatic N) is 2. The third-order valence-corrected chi connectivity index (χ3v) is 5.63. The van der Waals surface area contributed by atoms with Crippen LogP contribution in [0.3, 0.4) is 0 Å². The Kier molecular flexibility index (Phi) is 4.27. The van der Waals surface area contributed by atoms with Gasteiger partial charge in [-0.1, -0.05) is 60.7 Å². The predicted molar refractivity (Wildman–Crippen MR) is 109 cm³/mol. The van der Waals surface area contributed by atoms with Crippen molar-refractivity contribution >= 4 is 33.7 Å². The molecule has 0 saturated carbocycles. The first-order valence-corrected chi connectivity index (χ1v) is 9.25. The minimum absolute atomic E-state index is 0.0301. The fourth-order valence-electron chi connectivity index (χ4n) is 2.95. The van der Waals surface area contributed by atoms with E-state index >= 15 is 0 Å². The summed E-state index contributed by atoms with van der Waals surface area (Å²) in [5.74, 6) is -0.0301. The van der Waals surface area contributed by atoms with Crippen LogP contribution in [0.2, 0.25) is 0 Å². The molecule has 0 aliphatic heterocycles. The second-order valence-electron chi connectivity index (χ2n) is 6.20. The van der Waals surface area contributed by atoms with Crippen molar-refractivity contribution in [2.75, 3.05) is 11.9 Å². The number of thiazole rings is 1. The number of anilines is 1. The lowest BCUT2D eigenvalue weighted by molar-refractivity contribution is 0.0996. The molecule has 1 aromatic heterocycles. The standard InChI is InChI=1S/C22H18N2OS/c1-15-20(26-21(23-15)17-9-4-3-5-10-17)22(25)24(2)19-13-12-16-8-6-7-11-18(16)14-19/h3-14H,1-2H3. The number of hydrogen-bond acceptors (Lipinski definition) is 3. The molecule has 0 aliphatic carbocycles. The molecule has 4 heteroatoms. The van der Waals surface area contributed by atoms with Gasteiger partial charge >= 0.3 is 0 Å². The Labute approximate surface area is 156 Å². The molecule has 0 spiro atoms. The minimum atomic E-state index is -0.0301. The van der Waals surface area contributed by atoms with Gasteiger partial charge in [0.15, 0.2) is 0 Å². The maximum absolute atomic E-state index is 13.0. The Bertz CT molecular complexity index is 1090. The molecule has 26 heavy (non-hydrogen) atoms. The van der Waals surface area contributed by atoms with Gasteiger partial charge in [0.1, 0.15) is 9.88 Å². The fraction of sp³-hybridized carbons (Fsp3) is 0.0909. The van der Waals surface area contributed by atoms with E-state index < -0.39 is 0 Å². The molecule has 0 aliphatic rings. The number of aryl methyl sites for hydroxylation is 1. The van der Waals surface area contributed by atoms with Crippen LogP contribution in [0.15, 0.2) is 72.8 Å². The number of rotatable bonds is 3. The highest BCUT2D eigenvalue weighted by molar-refractivity contribution is 7.17. The Morgan fingerprint density at radius 3 is 2.38 bits per heavy atom. The van der Waals surface area contributed by atoms with Crippen LogP contribution >= 0.6 is 11.3 Å². The van der Waals surface area contributed by atoms with Gasteiger partial charge in [-0.05, 0) is 29.8 Å². The van der Waals surface area contributed by atoms with Crippen molar-refractivity contribution in [2.24, 2.45) is 0 Å². The molecule has 3 nitrogen and oxygen atoms in total. The van der Waals surface area contributed by atoms with Crippen LogP contribution in [0.25, 0.3) is 21.3 Å². The SMILES string of the molecule is Cc1nc(-c2ccccc2)sc1C(=O)N(C)c1ccc2ccccc2c1. The zero-order valence-electron chi connectivity index (χ0n) is 14.6. The molecule has 4 aromatic rings. The maximum atomic E-state index is 13.0. The van der Waals surface area contributed by atoms with Crippen LogP contribution in [0.4, 0.5) is 5.69 Å². The zero-order valence-corrected chi connectivity index (χ0v) is 15.5. The van der Waals surface area contributed by atoms with Gasteiger partial charge in [0.05, 0.1) is 5.69 Å². The lowest BCUT2D eigenvalue weighted by atomic mass is 10.1. The number of hydrogen-bond donors (Lipinski definition) is 0. The van der Waals surface area contributed by atoms with E-state index in [1.807, 2.05) is 74.6 Å². The molecule has 3 aromatic carbocycles. The van der Waals surface area contributed by atoms with Crippen molar-refractivity contribution in [3.8, 4) is 10.6 Å². The molecule has 0 N–H and O–H groups in total. The average molecular weight is 358 g/mol. The highest BCUT2D eigenvalue weighted by Crippen LogP contribution is 2.30. The lowest BCUT2D eigenvalue weighted by Crippen LogP contribution is -2.25. The maximum Gasteiger partial charge on any atom is 0.270 e. The number of aromatic nitrogens is 1. The quantitative estimate of drug-likeness (QED) is 0.481. The normalized spacial score (nSPS) is 10.8. The lowest BCUT2D eigenvalue weighted by Gasteiger charge is -2.17. The van der Waals surface area contributed by atoms with Gasteiger partial charge in [-0.3, -0.25) is 4.79 Å². The van der Waals surface area contributed by atoms with E-state index in [1.54, 1.807) is 4.90 Å². The van der Waals surface area contributed by atoms with Crippen LogP contribution in [-0.2, 0) is 0 Å². The van der Waals surface area contributed by atoms with Crippen molar-refractivity contribution in [2.45, 2.75) is 6.92 Å². The van der Waals surface area contributed by atoms with Gasteiger partial charge in [0.2, 0.25) is 0 Å². The third-order valence-electron chi connectivity index (χ3n) is 4.44. The van der Waals surface area contributed by atoms with Crippen LogP contribution < -0.4 is 4.90 Å². The van der Waals surface area contributed by atoms with Crippen molar-refractivity contribution in [1.82, 2.24) is 4.98 Å². The Morgan fingerprint density at radius 2 is 1.62 bits per heavy atom. The van der Waals surface area contributed by atoms with Gasteiger partial charge < -0.3 is 4.90 Å². The van der Waals surface area contributed by atoms with E-state index in [2.05, 4.69) is 17.1 Å². The second kappa shape index (κ2) is 6.73. The molecule has 1 amide bonds. The van der Waals surface area contributed by atoms with Crippen LogP contribution in [0, 0.1) is 6.92 Å². The molecule has 0 saturated heterocycles. The summed E-state index contributed by atoms with van der Waals surface area (Å²) in [6.07, 6.45) is 0. The van der Waals surface area contributed by atoms with Gasteiger partial charge in [0.25, 0.3) is 5.91 Å². The number of carbonyl (C=O) groups excluding carboxylic acids is 1. The molecule has 4 rings (SSSR count). The number of carbonyl (C=O) groups is 1. The molecule has 0 bridgehead atoms. The molecule has 128 valence electrons. The number of amides is 1. The molecule has 0 unspecified atom stereocenters. The van der Waals surface area contributed by atoms with E-state index in [4.69, 9.17) is 0 Å². The molecule has 1 heterocycles. The van der Waals surface area contributed by atoms with Crippen molar-refractivity contribution in [1.29, 1.82) is 0 Å². The van der Waals surface area contributed by atoms with Gasteiger partial charge in [-0.15, -0.1) is 11.3 Å². The van der Waals surface area contributed by atoms with Gasteiger partial charge in [-0.25, -0.2) is 4.98 Å². The monoisotopic (exact) mass is 358 g/mol. The second-order valence-corrected chi connectivity index (χ2v) is 7.19. The van der Waals surface area contributed by atoms with Crippen molar-refractivity contribution < 1.29 is 4.79 Å². The highest BCUT2D eigenvalue weighted by Gasteiger charge is 2.20. The summed E-state index contributed by atoms with van der Waals surface area (Å²) in [4.78, 5) is 20.0. The largest absolute Gasteiger partial charge is 0.311 e. The summed E-state index contributed by atoms with van der Waals surface area (Å²) in [5, 5.41) is 3.16. The van der Waals surface area contributed by atoms with Crippen LogP contribution in [-0.4, -0.2) is 17.9 Å². The summed E-state index contributed by atoms with van der Waals surface area (Å²) in [5.41, 5.74) is 2.68. The van der Waals surface area contributed by atoms with Crippen LogP contribution in [0.5, 0.6) is 0 Å². The summed E-state index contributed by atoms with van der Waals surface area (Å²) in [6, 6.07) is 24.2. The first kappa shape index (κ1) is 16.5. The number of benzene rings is 3. The summed E-state index contributed by atoms with van der Waals surface area (Å²) < 4.78 is 0. The van der Waals surface area contributed by atoms with Crippen molar-refractivity contribution in [3.05, 3.63) is 83.4 Å². The van der Waals surface area contributed by atoms with E-state index in [-0.39, 0.29) is 5.91 Å². The van der Waals surface area contributed by atoms with E-state index in [1.165, 1.54) is 11.3 Å². The summed E-state index contributed by atoms with van der Waals surface area (Å²) in [6.45, 7) is 1.89. The van der Waals surface area contributed by atoms with Gasteiger partial charge in [-0.2, -0.15) is 0 Å². The smallest absolute Gasteiger partial charge is 0.270 e. The number of fused-ring (bicyclic) bond motifs is 1. The van der Waals surface area contributed by atoms with E-state index in [9.17, 15) is 4.79 Å². The van der Waals surface area contributed by atoms with Gasteiger partial charge in [0, 0.05) is 18.3 Å². The average Bonchev–Trinajstić information content (AvgIpc) is 3.09. The topological polar surface area (TPSA) is 33.2 Å². The molecule has 0 atom stereocenters. The highest BCUT2D eigenvalue weighted by atomic mass is 32.1. The Balaban J connectivity index is 1.67. The molecular formula is C22H18N2OS. The molecule has 0 fully saturated rings. The molecule has 0 radical (unpaired) electrons. The van der Waals surface area contributed by atoms with E-state index in [0.29, 0.717) is 4.88 Å². The fourth-order valence-corrected chi connectivity index (χ4v) is 4.00. The minimum Gasteiger partial charge on any atom is -0.311 e. The Hall–Kier alpha value is -2.98.